The van der Waals surface area contributed by atoms with Crippen LogP contribution in [0.3, 0.4) is 0 Å². The Morgan fingerprint density at radius 1 is 1.45 bits per heavy atom. The summed E-state index contributed by atoms with van der Waals surface area (Å²) in [6.07, 6.45) is 2.22. The minimum absolute atomic E-state index is 0.296. The minimum Gasteiger partial charge on any atom is -0.341 e. The molecule has 0 saturated heterocycles. The van der Waals surface area contributed by atoms with E-state index < -0.39 is 0 Å². The summed E-state index contributed by atoms with van der Waals surface area (Å²) in [4.78, 5) is 15.9. The molecule has 2 amide bonds. The fourth-order valence-electron chi connectivity index (χ4n) is 1.84. The van der Waals surface area contributed by atoms with Crippen LogP contribution in [0.15, 0.2) is 27.2 Å². The first kappa shape index (κ1) is 13.1. The zero-order valence-corrected chi connectivity index (χ0v) is 12.4. The smallest absolute Gasteiger partial charge is 0.318 e. The van der Waals surface area contributed by atoms with Crippen LogP contribution in [-0.2, 0) is 0 Å². The molecule has 104 valence electrons. The molecule has 0 spiro atoms. The van der Waals surface area contributed by atoms with Gasteiger partial charge < -0.3 is 15.2 Å². The summed E-state index contributed by atoms with van der Waals surface area (Å²) in [5.74, 6) is 1.58. The van der Waals surface area contributed by atoms with Crippen LogP contribution < -0.4 is 10.6 Å². The Balaban J connectivity index is 1.96. The predicted molar refractivity (Wildman–Crippen MR) is 77.5 cm³/mol. The van der Waals surface area contributed by atoms with Gasteiger partial charge in [-0.15, -0.1) is 0 Å². The van der Waals surface area contributed by atoms with Crippen molar-refractivity contribution in [1.29, 1.82) is 0 Å². The third kappa shape index (κ3) is 2.67. The second kappa shape index (κ2) is 5.24. The van der Waals surface area contributed by atoms with E-state index in [0.717, 1.165) is 23.1 Å². The summed E-state index contributed by atoms with van der Waals surface area (Å²) in [6, 6.07) is 5.17. The van der Waals surface area contributed by atoms with Crippen LogP contribution >= 0.6 is 15.9 Å². The second-order valence-corrected chi connectivity index (χ2v) is 5.54. The fourth-order valence-corrected chi connectivity index (χ4v) is 2.20. The van der Waals surface area contributed by atoms with E-state index in [9.17, 15) is 4.79 Å². The van der Waals surface area contributed by atoms with Crippen LogP contribution in [0.4, 0.5) is 10.5 Å². The molecule has 20 heavy (non-hydrogen) atoms. The summed E-state index contributed by atoms with van der Waals surface area (Å²) in [5.41, 5.74) is 1.32. The van der Waals surface area contributed by atoms with E-state index in [1.807, 2.05) is 12.1 Å². The maximum Gasteiger partial charge on any atom is 0.318 e. The molecule has 0 atom stereocenters. The Morgan fingerprint density at radius 3 is 2.95 bits per heavy atom. The van der Waals surface area contributed by atoms with Gasteiger partial charge in [0, 0.05) is 17.4 Å². The SMILES string of the molecule is CNC(=O)Nc1ccc(Br)cc1-c1nc(C2CC2)no1. The number of benzene rings is 1. The molecular formula is C13H13BrN4O2. The number of halogens is 1. The van der Waals surface area contributed by atoms with E-state index in [2.05, 4.69) is 36.7 Å². The Hall–Kier alpha value is -1.89. The van der Waals surface area contributed by atoms with Crippen molar-refractivity contribution in [3.05, 3.63) is 28.5 Å². The molecule has 3 rings (SSSR count). The van der Waals surface area contributed by atoms with Crippen molar-refractivity contribution in [2.45, 2.75) is 18.8 Å². The van der Waals surface area contributed by atoms with Gasteiger partial charge in [0.1, 0.15) is 0 Å². The van der Waals surface area contributed by atoms with Crippen molar-refractivity contribution >= 4 is 27.6 Å². The molecule has 2 aromatic rings. The number of hydrogen-bond donors (Lipinski definition) is 2. The van der Waals surface area contributed by atoms with Gasteiger partial charge >= 0.3 is 6.03 Å². The topological polar surface area (TPSA) is 80.0 Å². The quantitative estimate of drug-likeness (QED) is 0.902. The maximum absolute atomic E-state index is 11.5. The molecular weight excluding hydrogens is 324 g/mol. The van der Waals surface area contributed by atoms with Crippen LogP contribution in [0.5, 0.6) is 0 Å². The standard InChI is InChI=1S/C13H13BrN4O2/c1-15-13(19)16-10-5-4-8(14)6-9(10)12-17-11(18-20-12)7-2-3-7/h4-7H,2-3H2,1H3,(H2,15,16,19). The Morgan fingerprint density at radius 2 is 2.25 bits per heavy atom. The van der Waals surface area contributed by atoms with Gasteiger partial charge in [0.15, 0.2) is 5.82 Å². The van der Waals surface area contributed by atoms with Crippen LogP contribution in [0, 0.1) is 0 Å². The van der Waals surface area contributed by atoms with Crippen LogP contribution in [0.1, 0.15) is 24.6 Å². The molecule has 0 radical (unpaired) electrons. The number of rotatable bonds is 3. The van der Waals surface area contributed by atoms with Crippen LogP contribution in [0.25, 0.3) is 11.5 Å². The van der Waals surface area contributed by atoms with Gasteiger partial charge in [-0.1, -0.05) is 21.1 Å². The average molecular weight is 337 g/mol. The molecule has 0 unspecified atom stereocenters. The van der Waals surface area contributed by atoms with E-state index in [4.69, 9.17) is 4.52 Å². The van der Waals surface area contributed by atoms with Gasteiger partial charge in [-0.3, -0.25) is 0 Å². The molecule has 0 bridgehead atoms. The lowest BCUT2D eigenvalue weighted by atomic mass is 10.2. The second-order valence-electron chi connectivity index (χ2n) is 4.63. The lowest BCUT2D eigenvalue weighted by Crippen LogP contribution is -2.24. The highest BCUT2D eigenvalue weighted by molar-refractivity contribution is 9.10. The first-order valence-corrected chi connectivity index (χ1v) is 7.09. The first-order valence-electron chi connectivity index (χ1n) is 6.29. The molecule has 1 aromatic heterocycles. The first-order chi connectivity index (χ1) is 9.67. The zero-order chi connectivity index (χ0) is 14.1. The fraction of sp³-hybridized carbons (Fsp3) is 0.308. The van der Waals surface area contributed by atoms with Gasteiger partial charge in [0.05, 0.1) is 11.3 Å². The number of hydrogen-bond acceptors (Lipinski definition) is 4. The lowest BCUT2D eigenvalue weighted by Gasteiger charge is -2.08. The maximum atomic E-state index is 11.5. The largest absolute Gasteiger partial charge is 0.341 e. The zero-order valence-electron chi connectivity index (χ0n) is 10.8. The van der Waals surface area contributed by atoms with Crippen molar-refractivity contribution in [3.63, 3.8) is 0 Å². The van der Waals surface area contributed by atoms with E-state index >= 15 is 0 Å². The van der Waals surface area contributed by atoms with E-state index in [1.54, 1.807) is 13.1 Å². The normalized spacial score (nSPS) is 14.1. The monoisotopic (exact) mass is 336 g/mol. The Labute approximate surface area is 124 Å². The highest BCUT2D eigenvalue weighted by Gasteiger charge is 2.29. The summed E-state index contributed by atoms with van der Waals surface area (Å²) in [6.45, 7) is 0. The molecule has 1 aliphatic rings. The average Bonchev–Trinajstić information content (AvgIpc) is 3.18. The van der Waals surface area contributed by atoms with Crippen molar-refractivity contribution in [3.8, 4) is 11.5 Å². The lowest BCUT2D eigenvalue weighted by molar-refractivity contribution is 0.254. The summed E-state index contributed by atoms with van der Waals surface area (Å²) in [5, 5.41) is 9.25. The van der Waals surface area contributed by atoms with Crippen molar-refractivity contribution in [2.75, 3.05) is 12.4 Å². The molecule has 1 aliphatic carbocycles. The van der Waals surface area contributed by atoms with Gasteiger partial charge in [-0.25, -0.2) is 4.79 Å². The van der Waals surface area contributed by atoms with Crippen molar-refractivity contribution < 1.29 is 9.32 Å². The molecule has 2 N–H and O–H groups in total. The number of anilines is 1. The van der Waals surface area contributed by atoms with Crippen molar-refractivity contribution in [1.82, 2.24) is 15.5 Å². The van der Waals surface area contributed by atoms with Crippen LogP contribution in [0.2, 0.25) is 0 Å². The third-order valence-corrected chi connectivity index (χ3v) is 3.56. The number of nitrogens with one attached hydrogen (secondary N) is 2. The van der Waals surface area contributed by atoms with Crippen LogP contribution in [-0.4, -0.2) is 23.2 Å². The van der Waals surface area contributed by atoms with E-state index in [1.165, 1.54) is 0 Å². The number of carbonyl (C=O) groups excluding carboxylic acids is 1. The van der Waals surface area contributed by atoms with Gasteiger partial charge in [-0.2, -0.15) is 4.98 Å². The van der Waals surface area contributed by atoms with E-state index in [0.29, 0.717) is 23.1 Å². The number of nitrogens with zero attached hydrogens (tertiary/aromatic N) is 2. The number of amides is 2. The summed E-state index contributed by atoms with van der Waals surface area (Å²) >= 11 is 3.41. The Kier molecular flexibility index (Phi) is 3.43. The molecule has 7 heteroatoms. The van der Waals surface area contributed by atoms with Gasteiger partial charge in [-0.05, 0) is 31.0 Å². The molecule has 1 saturated carbocycles. The highest BCUT2D eigenvalue weighted by Crippen LogP contribution is 2.39. The molecule has 0 aliphatic heterocycles. The minimum atomic E-state index is -0.296. The Bertz CT molecular complexity index is 652. The third-order valence-electron chi connectivity index (χ3n) is 3.07. The van der Waals surface area contributed by atoms with Gasteiger partial charge in [0.25, 0.3) is 5.89 Å². The number of urea groups is 1. The number of carbonyl (C=O) groups is 1. The number of aromatic nitrogens is 2. The summed E-state index contributed by atoms with van der Waals surface area (Å²) < 4.78 is 6.19. The highest BCUT2D eigenvalue weighted by atomic mass is 79.9. The summed E-state index contributed by atoms with van der Waals surface area (Å²) in [7, 11) is 1.56. The predicted octanol–water partition coefficient (Wildman–Crippen LogP) is 3.13. The molecule has 6 nitrogen and oxygen atoms in total. The molecule has 1 fully saturated rings. The molecule has 1 heterocycles. The molecule has 1 aromatic carbocycles. The van der Waals surface area contributed by atoms with Crippen molar-refractivity contribution in [2.24, 2.45) is 0 Å². The van der Waals surface area contributed by atoms with E-state index in [-0.39, 0.29) is 6.03 Å². The van der Waals surface area contributed by atoms with Gasteiger partial charge in [0.2, 0.25) is 0 Å².